The van der Waals surface area contributed by atoms with E-state index < -0.39 is 15.6 Å². The van der Waals surface area contributed by atoms with E-state index in [0.29, 0.717) is 26.0 Å². The topological polar surface area (TPSA) is 111 Å². The Kier molecular flexibility index (Phi) is 8.30. The minimum absolute atomic E-state index is 0. The van der Waals surface area contributed by atoms with Crippen LogP contribution in [0, 0.1) is 0 Å². The maximum Gasteiger partial charge on any atom is 0.240 e. The molecular weight excluding hydrogens is 366 g/mol. The van der Waals surface area contributed by atoms with E-state index in [4.69, 9.17) is 10.5 Å². The normalized spacial score (nSPS) is 16.2. The maximum atomic E-state index is 12.2. The highest BCUT2D eigenvalue weighted by molar-refractivity contribution is 7.89. The summed E-state index contributed by atoms with van der Waals surface area (Å²) in [4.78, 5) is 12.3. The number of rotatable bonds is 8. The smallest absolute Gasteiger partial charge is 0.240 e. The van der Waals surface area contributed by atoms with Gasteiger partial charge in [0.25, 0.3) is 0 Å². The number of amides is 1. The van der Waals surface area contributed by atoms with Crippen LogP contribution >= 0.6 is 12.4 Å². The Morgan fingerprint density at radius 3 is 2.40 bits per heavy atom. The van der Waals surface area contributed by atoms with Gasteiger partial charge in [-0.1, -0.05) is 25.0 Å². The number of hydrogen-bond acceptors (Lipinski definition) is 5. The molecule has 1 aromatic rings. The van der Waals surface area contributed by atoms with Gasteiger partial charge >= 0.3 is 0 Å². The molecule has 0 atom stereocenters. The fraction of sp³-hybridized carbons (Fsp3) is 0.562. The van der Waals surface area contributed by atoms with Crippen LogP contribution in [0.2, 0.25) is 0 Å². The van der Waals surface area contributed by atoms with E-state index in [-0.39, 0.29) is 29.8 Å². The van der Waals surface area contributed by atoms with Crippen molar-refractivity contribution in [3.8, 4) is 0 Å². The van der Waals surface area contributed by atoms with Crippen LogP contribution < -0.4 is 15.8 Å². The molecule has 0 bridgehead atoms. The zero-order valence-corrected chi connectivity index (χ0v) is 15.9. The molecule has 0 spiro atoms. The molecule has 9 heteroatoms. The molecule has 0 aliphatic heterocycles. The minimum atomic E-state index is -3.54. The molecule has 0 heterocycles. The number of carbonyl (C=O) groups excluding carboxylic acids is 1. The molecule has 1 aliphatic carbocycles. The highest BCUT2D eigenvalue weighted by Gasteiger charge is 2.36. The van der Waals surface area contributed by atoms with Crippen LogP contribution in [-0.2, 0) is 26.1 Å². The molecule has 1 saturated carbocycles. The summed E-state index contributed by atoms with van der Waals surface area (Å²) >= 11 is 0. The third-order valence-corrected chi connectivity index (χ3v) is 5.71. The van der Waals surface area contributed by atoms with E-state index in [1.165, 1.54) is 19.2 Å². The third-order valence-electron chi connectivity index (χ3n) is 4.23. The van der Waals surface area contributed by atoms with E-state index >= 15 is 0 Å². The van der Waals surface area contributed by atoms with Crippen molar-refractivity contribution in [1.82, 2.24) is 10.0 Å². The average molecular weight is 392 g/mol. The molecule has 2 rings (SSSR count). The number of methoxy groups -OCH3 is 1. The van der Waals surface area contributed by atoms with Crippen molar-refractivity contribution in [2.45, 2.75) is 42.7 Å². The first kappa shape index (κ1) is 21.9. The number of sulfonamides is 1. The van der Waals surface area contributed by atoms with Gasteiger partial charge in [-0.05, 0) is 30.5 Å². The van der Waals surface area contributed by atoms with Crippen LogP contribution in [0.25, 0.3) is 0 Å². The lowest BCUT2D eigenvalue weighted by Gasteiger charge is -2.22. The molecule has 0 saturated heterocycles. The van der Waals surface area contributed by atoms with E-state index in [0.717, 1.165) is 18.4 Å². The molecule has 0 aromatic heterocycles. The average Bonchev–Trinajstić information content (AvgIpc) is 3.01. The van der Waals surface area contributed by atoms with Crippen molar-refractivity contribution in [2.75, 3.05) is 20.3 Å². The summed E-state index contributed by atoms with van der Waals surface area (Å²) in [6, 6.07) is 6.40. The molecule has 142 valence electrons. The van der Waals surface area contributed by atoms with Crippen LogP contribution in [0.5, 0.6) is 0 Å². The Morgan fingerprint density at radius 2 is 1.84 bits per heavy atom. The molecular formula is C16H26ClN3O4S. The van der Waals surface area contributed by atoms with Crippen molar-refractivity contribution in [3.63, 3.8) is 0 Å². The monoisotopic (exact) mass is 391 g/mol. The van der Waals surface area contributed by atoms with Gasteiger partial charge in [0, 0.05) is 20.2 Å². The standard InChI is InChI=1S/C16H25N3O4S.ClH/c1-23-11-10-19-24(21,22)14-6-4-13(5-7-14)12-18-15(20)16(17)8-2-3-9-16;/h4-7,19H,2-3,8-12,17H2,1H3,(H,18,20);1H. The quantitative estimate of drug-likeness (QED) is 0.571. The zero-order valence-electron chi connectivity index (χ0n) is 14.3. The molecule has 1 amide bonds. The largest absolute Gasteiger partial charge is 0.383 e. The van der Waals surface area contributed by atoms with Gasteiger partial charge in [0.2, 0.25) is 15.9 Å². The maximum absolute atomic E-state index is 12.2. The summed E-state index contributed by atoms with van der Waals surface area (Å²) in [6.45, 7) is 0.856. The number of nitrogens with one attached hydrogen (secondary N) is 2. The summed E-state index contributed by atoms with van der Waals surface area (Å²) < 4.78 is 31.4. The van der Waals surface area contributed by atoms with Gasteiger partial charge in [0.1, 0.15) is 0 Å². The van der Waals surface area contributed by atoms with Gasteiger partial charge in [-0.3, -0.25) is 4.79 Å². The summed E-state index contributed by atoms with van der Waals surface area (Å²) in [5, 5.41) is 2.84. The number of nitrogens with two attached hydrogens (primary N) is 1. The lowest BCUT2D eigenvalue weighted by atomic mass is 9.98. The molecule has 0 unspecified atom stereocenters. The second kappa shape index (κ2) is 9.49. The first-order valence-electron chi connectivity index (χ1n) is 8.02. The Morgan fingerprint density at radius 1 is 1.24 bits per heavy atom. The Labute approximate surface area is 155 Å². The fourth-order valence-corrected chi connectivity index (χ4v) is 3.75. The number of carbonyl (C=O) groups is 1. The van der Waals surface area contributed by atoms with Crippen LogP contribution in [-0.4, -0.2) is 40.1 Å². The lowest BCUT2D eigenvalue weighted by molar-refractivity contribution is -0.126. The van der Waals surface area contributed by atoms with Gasteiger partial charge < -0.3 is 15.8 Å². The highest BCUT2D eigenvalue weighted by Crippen LogP contribution is 2.27. The zero-order chi connectivity index (χ0) is 17.6. The highest BCUT2D eigenvalue weighted by atomic mass is 35.5. The summed E-state index contributed by atoms with van der Waals surface area (Å²) in [7, 11) is -2.03. The first-order chi connectivity index (χ1) is 11.4. The van der Waals surface area contributed by atoms with E-state index in [2.05, 4.69) is 10.0 Å². The Hall–Kier alpha value is -1.19. The SMILES string of the molecule is COCCNS(=O)(=O)c1ccc(CNC(=O)C2(N)CCCC2)cc1.Cl. The van der Waals surface area contributed by atoms with Crippen molar-refractivity contribution in [3.05, 3.63) is 29.8 Å². The number of halogens is 1. The van der Waals surface area contributed by atoms with E-state index in [1.807, 2.05) is 0 Å². The van der Waals surface area contributed by atoms with Crippen LogP contribution in [0.1, 0.15) is 31.2 Å². The summed E-state index contributed by atoms with van der Waals surface area (Å²) in [6.07, 6.45) is 3.38. The molecule has 7 nitrogen and oxygen atoms in total. The van der Waals surface area contributed by atoms with Crippen LogP contribution in [0.4, 0.5) is 0 Å². The molecule has 25 heavy (non-hydrogen) atoms. The molecule has 0 radical (unpaired) electrons. The van der Waals surface area contributed by atoms with Crippen LogP contribution in [0.3, 0.4) is 0 Å². The molecule has 1 fully saturated rings. The van der Waals surface area contributed by atoms with Crippen molar-refractivity contribution < 1.29 is 17.9 Å². The number of ether oxygens (including phenoxy) is 1. The van der Waals surface area contributed by atoms with Gasteiger partial charge in [0.15, 0.2) is 0 Å². The lowest BCUT2D eigenvalue weighted by Crippen LogP contribution is -2.51. The van der Waals surface area contributed by atoms with Crippen molar-refractivity contribution in [2.24, 2.45) is 5.73 Å². The van der Waals surface area contributed by atoms with Crippen LogP contribution in [0.15, 0.2) is 29.2 Å². The molecule has 4 N–H and O–H groups in total. The second-order valence-corrected chi connectivity index (χ2v) is 7.85. The van der Waals surface area contributed by atoms with Gasteiger partial charge in [-0.15, -0.1) is 12.4 Å². The minimum Gasteiger partial charge on any atom is -0.383 e. The Bertz CT molecular complexity index is 658. The third kappa shape index (κ3) is 5.93. The predicted molar refractivity (Wildman–Crippen MR) is 98.0 cm³/mol. The van der Waals surface area contributed by atoms with Crippen molar-refractivity contribution in [1.29, 1.82) is 0 Å². The molecule has 1 aromatic carbocycles. The van der Waals surface area contributed by atoms with Crippen molar-refractivity contribution >= 4 is 28.3 Å². The second-order valence-electron chi connectivity index (χ2n) is 6.08. The predicted octanol–water partition coefficient (Wildman–Crippen LogP) is 0.921. The van der Waals surface area contributed by atoms with E-state index in [9.17, 15) is 13.2 Å². The summed E-state index contributed by atoms with van der Waals surface area (Å²) in [5.74, 6) is -0.141. The molecule has 1 aliphatic rings. The number of hydrogen-bond donors (Lipinski definition) is 3. The fourth-order valence-electron chi connectivity index (χ4n) is 2.74. The summed E-state index contributed by atoms with van der Waals surface area (Å²) in [5.41, 5.74) is 6.16. The van der Waals surface area contributed by atoms with Gasteiger partial charge in [-0.25, -0.2) is 13.1 Å². The van der Waals surface area contributed by atoms with E-state index in [1.54, 1.807) is 12.1 Å². The first-order valence-corrected chi connectivity index (χ1v) is 9.50. The Balaban J connectivity index is 0.00000312. The number of benzene rings is 1. The van der Waals surface area contributed by atoms with Gasteiger partial charge in [0.05, 0.1) is 17.0 Å². The van der Waals surface area contributed by atoms with Gasteiger partial charge in [-0.2, -0.15) is 0 Å².